The lowest BCUT2D eigenvalue weighted by Gasteiger charge is -1.97. The van der Waals surface area contributed by atoms with E-state index in [0.717, 1.165) is 6.07 Å². The van der Waals surface area contributed by atoms with E-state index in [0.29, 0.717) is 0 Å². The van der Waals surface area contributed by atoms with E-state index in [1.807, 2.05) is 0 Å². The van der Waals surface area contributed by atoms with E-state index in [4.69, 9.17) is 5.73 Å². The van der Waals surface area contributed by atoms with Crippen LogP contribution in [0.2, 0.25) is 0 Å². The van der Waals surface area contributed by atoms with Gasteiger partial charge in [-0.05, 0) is 6.92 Å². The minimum absolute atomic E-state index is 0.181. The van der Waals surface area contributed by atoms with Gasteiger partial charge in [-0.2, -0.15) is 0 Å². The molecule has 0 fully saturated rings. The number of aromatic nitrogens is 1. The largest absolute Gasteiger partial charge is 0.378 e. The predicted molar refractivity (Wildman–Crippen MR) is 45.3 cm³/mol. The number of pyridine rings is 1. The highest BCUT2D eigenvalue weighted by molar-refractivity contribution is 5.94. The van der Waals surface area contributed by atoms with Crippen LogP contribution in [-0.4, -0.2) is 15.7 Å². The fraction of sp³-hybridized carbons (Fsp3) is 0.143. The van der Waals surface area contributed by atoms with E-state index in [-0.39, 0.29) is 22.9 Å². The van der Waals surface area contributed by atoms with Crippen LogP contribution in [0, 0.1) is 10.1 Å². The Balaban J connectivity index is 3.27. The summed E-state index contributed by atoms with van der Waals surface area (Å²) in [6.45, 7) is 1.30. The highest BCUT2D eigenvalue weighted by Crippen LogP contribution is 2.19. The zero-order valence-electron chi connectivity index (χ0n) is 6.85. The quantitative estimate of drug-likeness (QED) is 0.412. The minimum atomic E-state index is -0.672. The van der Waals surface area contributed by atoms with E-state index >= 15 is 0 Å². The van der Waals surface area contributed by atoms with Crippen LogP contribution < -0.4 is 5.73 Å². The molecule has 0 amide bonds. The lowest BCUT2D eigenvalue weighted by molar-refractivity contribution is -0.384. The molecule has 6 heteroatoms. The Morgan fingerprint density at radius 2 is 2.31 bits per heavy atom. The Kier molecular flexibility index (Phi) is 2.23. The fourth-order valence-electron chi connectivity index (χ4n) is 0.802. The SMILES string of the molecule is CC(=O)c1cnc(N)c([N+](=O)[O-])c1. The zero-order chi connectivity index (χ0) is 10.0. The summed E-state index contributed by atoms with van der Waals surface area (Å²) in [5.74, 6) is -0.467. The van der Waals surface area contributed by atoms with Gasteiger partial charge in [0.2, 0.25) is 5.82 Å². The first-order valence-corrected chi connectivity index (χ1v) is 3.43. The molecule has 1 heterocycles. The van der Waals surface area contributed by atoms with Crippen molar-refractivity contribution in [1.82, 2.24) is 4.98 Å². The van der Waals surface area contributed by atoms with Gasteiger partial charge >= 0.3 is 5.69 Å². The molecule has 1 aromatic heterocycles. The molecule has 0 spiro atoms. The molecule has 0 aliphatic carbocycles. The summed E-state index contributed by atoms with van der Waals surface area (Å²) in [5, 5.41) is 10.4. The molecule has 2 N–H and O–H groups in total. The summed E-state index contributed by atoms with van der Waals surface area (Å²) in [4.78, 5) is 24.1. The average molecular weight is 181 g/mol. The number of rotatable bonds is 2. The van der Waals surface area contributed by atoms with Crippen LogP contribution in [0.15, 0.2) is 12.3 Å². The van der Waals surface area contributed by atoms with Crippen LogP contribution in [0.25, 0.3) is 0 Å². The maximum absolute atomic E-state index is 10.8. The van der Waals surface area contributed by atoms with Crippen molar-refractivity contribution in [3.8, 4) is 0 Å². The van der Waals surface area contributed by atoms with E-state index in [1.54, 1.807) is 0 Å². The Hall–Kier alpha value is -1.98. The third kappa shape index (κ3) is 1.78. The Labute approximate surface area is 73.5 Å². The van der Waals surface area contributed by atoms with Gasteiger partial charge in [0.1, 0.15) is 0 Å². The third-order valence-corrected chi connectivity index (χ3v) is 1.50. The molecule has 0 aromatic carbocycles. The smallest absolute Gasteiger partial charge is 0.311 e. The van der Waals surface area contributed by atoms with Crippen molar-refractivity contribution in [3.63, 3.8) is 0 Å². The number of carbonyl (C=O) groups is 1. The predicted octanol–water partition coefficient (Wildman–Crippen LogP) is 0.775. The summed E-state index contributed by atoms with van der Waals surface area (Å²) < 4.78 is 0. The van der Waals surface area contributed by atoms with Crippen molar-refractivity contribution in [2.45, 2.75) is 6.92 Å². The lowest BCUT2D eigenvalue weighted by Crippen LogP contribution is -2.01. The van der Waals surface area contributed by atoms with Crippen LogP contribution in [0.4, 0.5) is 11.5 Å². The second kappa shape index (κ2) is 3.18. The summed E-state index contributed by atoms with van der Waals surface area (Å²) in [6.07, 6.45) is 1.21. The van der Waals surface area contributed by atoms with Crippen molar-refractivity contribution in [2.24, 2.45) is 0 Å². The van der Waals surface area contributed by atoms with Gasteiger partial charge in [0, 0.05) is 17.8 Å². The number of anilines is 1. The first-order chi connectivity index (χ1) is 6.02. The number of hydrogen-bond acceptors (Lipinski definition) is 5. The molecule has 6 nitrogen and oxygen atoms in total. The van der Waals surface area contributed by atoms with Gasteiger partial charge in [-0.15, -0.1) is 0 Å². The molecule has 13 heavy (non-hydrogen) atoms. The van der Waals surface area contributed by atoms with Crippen molar-refractivity contribution >= 4 is 17.3 Å². The second-order valence-corrected chi connectivity index (χ2v) is 2.44. The van der Waals surface area contributed by atoms with Gasteiger partial charge in [0.25, 0.3) is 0 Å². The topological polar surface area (TPSA) is 99.1 Å². The van der Waals surface area contributed by atoms with Crippen molar-refractivity contribution in [3.05, 3.63) is 27.9 Å². The van der Waals surface area contributed by atoms with Crippen LogP contribution in [0.1, 0.15) is 17.3 Å². The molecular weight excluding hydrogens is 174 g/mol. The molecule has 68 valence electrons. The molecule has 0 unspecified atom stereocenters. The molecule has 0 radical (unpaired) electrons. The normalized spacial score (nSPS) is 9.62. The Morgan fingerprint density at radius 1 is 1.69 bits per heavy atom. The monoisotopic (exact) mass is 181 g/mol. The molecule has 0 saturated carbocycles. The first kappa shape index (κ1) is 9.11. The third-order valence-electron chi connectivity index (χ3n) is 1.50. The number of nitrogens with two attached hydrogens (primary N) is 1. The van der Waals surface area contributed by atoms with Gasteiger partial charge in [0.05, 0.1) is 4.92 Å². The van der Waals surface area contributed by atoms with Gasteiger partial charge in [-0.3, -0.25) is 14.9 Å². The van der Waals surface area contributed by atoms with E-state index < -0.39 is 4.92 Å². The standard InChI is InChI=1S/C7H7N3O3/c1-4(11)5-2-6(10(12)13)7(8)9-3-5/h2-3H,1H3,(H2,8,9). The van der Waals surface area contributed by atoms with Crippen molar-refractivity contribution in [1.29, 1.82) is 0 Å². The molecular formula is C7H7N3O3. The van der Waals surface area contributed by atoms with Crippen LogP contribution in [0.3, 0.4) is 0 Å². The number of carbonyl (C=O) groups excluding carboxylic acids is 1. The number of nitrogen functional groups attached to an aromatic ring is 1. The molecule has 0 atom stereocenters. The van der Waals surface area contributed by atoms with Crippen LogP contribution in [-0.2, 0) is 0 Å². The number of ketones is 1. The van der Waals surface area contributed by atoms with Gasteiger partial charge < -0.3 is 5.73 Å². The summed E-state index contributed by atoms with van der Waals surface area (Å²) in [6, 6.07) is 1.12. The van der Waals surface area contributed by atoms with E-state index in [2.05, 4.69) is 4.98 Å². The highest BCUT2D eigenvalue weighted by atomic mass is 16.6. The first-order valence-electron chi connectivity index (χ1n) is 3.43. The van der Waals surface area contributed by atoms with E-state index in [1.165, 1.54) is 13.1 Å². The fourth-order valence-corrected chi connectivity index (χ4v) is 0.802. The maximum Gasteiger partial charge on any atom is 0.311 e. The molecule has 0 bridgehead atoms. The van der Waals surface area contributed by atoms with E-state index in [9.17, 15) is 14.9 Å². The van der Waals surface area contributed by atoms with Gasteiger partial charge in [-0.1, -0.05) is 0 Å². The zero-order valence-corrected chi connectivity index (χ0v) is 6.85. The Bertz CT molecular complexity index is 375. The molecule has 1 rings (SSSR count). The summed E-state index contributed by atoms with van der Waals surface area (Å²) in [7, 11) is 0. The number of nitro groups is 1. The Morgan fingerprint density at radius 3 is 2.77 bits per heavy atom. The maximum atomic E-state index is 10.8. The molecule has 0 saturated heterocycles. The molecule has 0 aliphatic heterocycles. The number of hydrogen-bond donors (Lipinski definition) is 1. The van der Waals surface area contributed by atoms with Gasteiger partial charge in [-0.25, -0.2) is 4.98 Å². The minimum Gasteiger partial charge on any atom is -0.378 e. The average Bonchev–Trinajstić information content (AvgIpc) is 2.04. The second-order valence-electron chi connectivity index (χ2n) is 2.44. The number of Topliss-reactive ketones (excluding diaryl/α,β-unsaturated/α-hetero) is 1. The highest BCUT2D eigenvalue weighted by Gasteiger charge is 2.14. The van der Waals surface area contributed by atoms with Crippen molar-refractivity contribution < 1.29 is 9.72 Å². The summed E-state index contributed by atoms with van der Waals surface area (Å²) in [5.41, 5.74) is 5.07. The number of nitrogens with zero attached hydrogens (tertiary/aromatic N) is 2. The van der Waals surface area contributed by atoms with Crippen molar-refractivity contribution in [2.75, 3.05) is 5.73 Å². The van der Waals surface area contributed by atoms with Crippen LogP contribution >= 0.6 is 0 Å². The molecule has 0 aliphatic rings. The lowest BCUT2D eigenvalue weighted by atomic mass is 10.2. The molecule has 1 aromatic rings. The van der Waals surface area contributed by atoms with Gasteiger partial charge in [0.15, 0.2) is 5.78 Å². The van der Waals surface area contributed by atoms with Crippen LogP contribution in [0.5, 0.6) is 0 Å². The summed E-state index contributed by atoms with van der Waals surface area (Å²) >= 11 is 0.